The van der Waals surface area contributed by atoms with Crippen LogP contribution in [-0.4, -0.2) is 21.3 Å². The fraction of sp³-hybridized carbons (Fsp3) is 0.348. The van der Waals surface area contributed by atoms with Gasteiger partial charge in [-0.3, -0.25) is 4.72 Å². The predicted octanol–water partition coefficient (Wildman–Crippen LogP) is 4.79. The van der Waals surface area contributed by atoms with Gasteiger partial charge in [0, 0.05) is 17.2 Å². The predicted molar refractivity (Wildman–Crippen MR) is 115 cm³/mol. The Hall–Kier alpha value is -2.78. The Morgan fingerprint density at radius 2 is 1.90 bits per heavy atom. The van der Waals surface area contributed by atoms with Crippen LogP contribution in [0.3, 0.4) is 0 Å². The number of nitrogens with one attached hydrogen (secondary N) is 1. The number of hydrogen-bond acceptors (Lipinski definition) is 4. The summed E-state index contributed by atoms with van der Waals surface area (Å²) in [5.41, 5.74) is 5.38. The van der Waals surface area contributed by atoms with Crippen LogP contribution in [0.1, 0.15) is 48.8 Å². The molecular formula is C23H24N2O3S. The van der Waals surface area contributed by atoms with Crippen molar-refractivity contribution in [3.05, 3.63) is 59.2 Å². The van der Waals surface area contributed by atoms with Crippen molar-refractivity contribution in [3.63, 3.8) is 0 Å². The first kappa shape index (κ1) is 19.5. The number of ether oxygens (including phenoxy) is 1. The number of hydrogen-bond donors (Lipinski definition) is 1. The third kappa shape index (κ3) is 3.51. The van der Waals surface area contributed by atoms with E-state index in [2.05, 4.69) is 16.9 Å². The van der Waals surface area contributed by atoms with Crippen LogP contribution < -0.4 is 9.46 Å². The highest BCUT2D eigenvalue weighted by atomic mass is 32.2. The lowest BCUT2D eigenvalue weighted by atomic mass is 9.70. The summed E-state index contributed by atoms with van der Waals surface area (Å²) in [5.74, 6) is 1.49. The Bertz CT molecular complexity index is 1110. The maximum Gasteiger partial charge on any atom is 0.232 e. The van der Waals surface area contributed by atoms with Gasteiger partial charge in [-0.2, -0.15) is 5.26 Å². The van der Waals surface area contributed by atoms with Crippen LogP contribution in [0.15, 0.2) is 42.5 Å². The van der Waals surface area contributed by atoms with Crippen LogP contribution in [0.2, 0.25) is 0 Å². The monoisotopic (exact) mass is 408 g/mol. The van der Waals surface area contributed by atoms with E-state index in [0.717, 1.165) is 35.3 Å². The van der Waals surface area contributed by atoms with Gasteiger partial charge in [-0.15, -0.1) is 0 Å². The number of methoxy groups -OCH3 is 1. The molecule has 1 N–H and O–H groups in total. The molecule has 0 saturated heterocycles. The summed E-state index contributed by atoms with van der Waals surface area (Å²) in [6.45, 7) is 1.61. The van der Waals surface area contributed by atoms with Crippen LogP contribution >= 0.6 is 0 Å². The summed E-state index contributed by atoms with van der Waals surface area (Å²) in [5, 5.41) is 10.00. The van der Waals surface area contributed by atoms with Gasteiger partial charge < -0.3 is 4.74 Å². The normalized spacial score (nSPS) is 18.7. The molecule has 6 heteroatoms. The number of fused-ring (bicyclic) bond motifs is 1. The van der Waals surface area contributed by atoms with Gasteiger partial charge in [0.25, 0.3) is 0 Å². The fourth-order valence-electron chi connectivity index (χ4n) is 4.28. The number of benzene rings is 2. The molecule has 5 nitrogen and oxygen atoms in total. The van der Waals surface area contributed by atoms with Crippen molar-refractivity contribution in [1.29, 1.82) is 5.26 Å². The number of nitriles is 1. The maximum atomic E-state index is 11.8. The SMILES string of the molecule is CCS(=O)(=O)Nc1ccc(C2=C(C#N)c3cc(OC)ccc3C2C2CCC2)cc1. The maximum absolute atomic E-state index is 11.8. The van der Waals surface area contributed by atoms with Crippen LogP contribution in [-0.2, 0) is 10.0 Å². The molecule has 0 aliphatic heterocycles. The van der Waals surface area contributed by atoms with Crippen molar-refractivity contribution in [3.8, 4) is 11.8 Å². The van der Waals surface area contributed by atoms with E-state index >= 15 is 0 Å². The number of allylic oxidation sites excluding steroid dienone is 2. The Morgan fingerprint density at radius 3 is 2.45 bits per heavy atom. The Morgan fingerprint density at radius 1 is 1.17 bits per heavy atom. The van der Waals surface area contributed by atoms with Crippen LogP contribution in [0, 0.1) is 17.2 Å². The molecule has 0 bridgehead atoms. The minimum absolute atomic E-state index is 0.0272. The first-order valence-corrected chi connectivity index (χ1v) is 11.6. The Labute approximate surface area is 172 Å². The number of sulfonamides is 1. The third-order valence-electron chi connectivity index (χ3n) is 6.03. The summed E-state index contributed by atoms with van der Waals surface area (Å²) in [6, 6.07) is 15.8. The second kappa shape index (κ2) is 7.57. The lowest BCUT2D eigenvalue weighted by molar-refractivity contribution is 0.294. The van der Waals surface area contributed by atoms with Crippen LogP contribution in [0.25, 0.3) is 11.1 Å². The first-order valence-electron chi connectivity index (χ1n) is 9.91. The van der Waals surface area contributed by atoms with E-state index in [1.165, 1.54) is 12.0 Å². The van der Waals surface area contributed by atoms with Gasteiger partial charge in [-0.1, -0.05) is 24.6 Å². The molecule has 0 heterocycles. The van der Waals surface area contributed by atoms with Gasteiger partial charge in [-0.05, 0) is 66.6 Å². The van der Waals surface area contributed by atoms with Crippen LogP contribution in [0.4, 0.5) is 5.69 Å². The average molecular weight is 409 g/mol. The minimum atomic E-state index is -3.32. The van der Waals surface area contributed by atoms with Gasteiger partial charge in [0.05, 0.1) is 18.4 Å². The number of anilines is 1. The van der Waals surface area contributed by atoms with Crippen molar-refractivity contribution in [2.45, 2.75) is 32.1 Å². The van der Waals surface area contributed by atoms with Gasteiger partial charge in [0.1, 0.15) is 11.8 Å². The largest absolute Gasteiger partial charge is 0.497 e. The number of rotatable bonds is 6. The summed E-state index contributed by atoms with van der Waals surface area (Å²) in [6.07, 6.45) is 3.54. The highest BCUT2D eigenvalue weighted by molar-refractivity contribution is 7.92. The first-order chi connectivity index (χ1) is 14.0. The van der Waals surface area contributed by atoms with E-state index < -0.39 is 10.0 Å². The fourth-order valence-corrected chi connectivity index (χ4v) is 4.92. The van der Waals surface area contributed by atoms with E-state index in [9.17, 15) is 13.7 Å². The third-order valence-corrected chi connectivity index (χ3v) is 7.33. The Balaban J connectivity index is 1.78. The molecule has 2 aliphatic carbocycles. The zero-order valence-electron chi connectivity index (χ0n) is 16.6. The van der Waals surface area contributed by atoms with E-state index in [1.54, 1.807) is 26.2 Å². The highest BCUT2D eigenvalue weighted by Crippen LogP contribution is 2.55. The van der Waals surface area contributed by atoms with E-state index in [4.69, 9.17) is 4.74 Å². The molecular weight excluding hydrogens is 384 g/mol. The van der Waals surface area contributed by atoms with Gasteiger partial charge >= 0.3 is 0 Å². The molecule has 2 aromatic rings. The van der Waals surface area contributed by atoms with E-state index in [-0.39, 0.29) is 11.7 Å². The highest BCUT2D eigenvalue weighted by Gasteiger charge is 2.39. The molecule has 0 aromatic heterocycles. The average Bonchev–Trinajstić information content (AvgIpc) is 3.00. The molecule has 1 saturated carbocycles. The van der Waals surface area contributed by atoms with Crippen molar-refractivity contribution in [2.75, 3.05) is 17.6 Å². The molecule has 4 rings (SSSR count). The minimum Gasteiger partial charge on any atom is -0.497 e. The van der Waals surface area contributed by atoms with Crippen molar-refractivity contribution >= 4 is 26.9 Å². The standard InChI is InChI=1S/C23H24N2O3S/c1-3-29(26,27)25-17-9-7-16(8-10-17)23-21(14-24)20-13-18(28-2)11-12-19(20)22(23)15-5-4-6-15/h7-13,15,22,25H,3-6H2,1-2H3. The summed E-state index contributed by atoms with van der Waals surface area (Å²) in [4.78, 5) is 0. The lowest BCUT2D eigenvalue weighted by Crippen LogP contribution is -2.20. The van der Waals surface area contributed by atoms with Gasteiger partial charge in [-0.25, -0.2) is 8.42 Å². The molecule has 2 aliphatic rings. The summed E-state index contributed by atoms with van der Waals surface area (Å²) >= 11 is 0. The van der Waals surface area contributed by atoms with E-state index in [0.29, 0.717) is 17.2 Å². The molecule has 1 atom stereocenters. The smallest absolute Gasteiger partial charge is 0.232 e. The molecule has 0 amide bonds. The molecule has 150 valence electrons. The summed E-state index contributed by atoms with van der Waals surface area (Å²) in [7, 11) is -1.69. The van der Waals surface area contributed by atoms with Gasteiger partial charge in [0.2, 0.25) is 10.0 Å². The molecule has 1 unspecified atom stereocenters. The van der Waals surface area contributed by atoms with Crippen molar-refractivity contribution in [1.82, 2.24) is 0 Å². The van der Waals surface area contributed by atoms with Crippen molar-refractivity contribution < 1.29 is 13.2 Å². The zero-order valence-corrected chi connectivity index (χ0v) is 17.4. The topological polar surface area (TPSA) is 79.2 Å². The van der Waals surface area contributed by atoms with Gasteiger partial charge in [0.15, 0.2) is 0 Å². The second-order valence-electron chi connectivity index (χ2n) is 7.61. The number of nitrogens with zero attached hydrogens (tertiary/aromatic N) is 1. The van der Waals surface area contributed by atoms with Crippen LogP contribution in [0.5, 0.6) is 5.75 Å². The molecule has 1 fully saturated rings. The molecule has 2 aromatic carbocycles. The van der Waals surface area contributed by atoms with Crippen molar-refractivity contribution in [2.24, 2.45) is 5.92 Å². The molecule has 0 radical (unpaired) electrons. The second-order valence-corrected chi connectivity index (χ2v) is 9.62. The Kier molecular flexibility index (Phi) is 5.10. The van der Waals surface area contributed by atoms with E-state index in [1.807, 2.05) is 24.3 Å². The molecule has 0 spiro atoms. The summed E-state index contributed by atoms with van der Waals surface area (Å²) < 4.78 is 31.6. The molecule has 29 heavy (non-hydrogen) atoms. The quantitative estimate of drug-likeness (QED) is 0.745. The lowest BCUT2D eigenvalue weighted by Gasteiger charge is -2.34. The zero-order chi connectivity index (χ0) is 20.6.